The number of rotatable bonds is 4. The lowest BCUT2D eigenvalue weighted by atomic mass is 10.1. The van der Waals surface area contributed by atoms with Crippen LogP contribution in [0.25, 0.3) is 10.9 Å². The molecule has 1 fully saturated rings. The van der Waals surface area contributed by atoms with Gasteiger partial charge in [0, 0.05) is 23.5 Å². The van der Waals surface area contributed by atoms with Gasteiger partial charge in [0.1, 0.15) is 11.7 Å². The van der Waals surface area contributed by atoms with Gasteiger partial charge in [-0.25, -0.2) is 4.98 Å². The van der Waals surface area contributed by atoms with Gasteiger partial charge in [-0.2, -0.15) is 11.8 Å². The Hall–Kier alpha value is -2.60. The Balaban J connectivity index is 1.60. The lowest BCUT2D eigenvalue weighted by Gasteiger charge is -2.15. The van der Waals surface area contributed by atoms with Crippen molar-refractivity contribution in [2.75, 3.05) is 16.8 Å². The fourth-order valence-electron chi connectivity index (χ4n) is 2.82. The zero-order valence-corrected chi connectivity index (χ0v) is 14.3. The van der Waals surface area contributed by atoms with Crippen LogP contribution >= 0.6 is 11.8 Å². The summed E-state index contributed by atoms with van der Waals surface area (Å²) in [4.78, 5) is 21.4. The van der Waals surface area contributed by atoms with Crippen LogP contribution in [-0.4, -0.2) is 33.5 Å². The van der Waals surface area contributed by atoms with Crippen molar-refractivity contribution in [3.05, 3.63) is 60.4 Å². The van der Waals surface area contributed by atoms with E-state index in [2.05, 4.69) is 15.3 Å². The molecule has 25 heavy (non-hydrogen) atoms. The third kappa shape index (κ3) is 3.44. The third-order valence-corrected chi connectivity index (χ3v) is 5.21. The van der Waals surface area contributed by atoms with E-state index >= 15 is 0 Å². The monoisotopic (exact) mass is 351 g/mol. The normalized spacial score (nSPS) is 16.7. The molecule has 1 atom stereocenters. The molecule has 4 rings (SSSR count). The number of nitrogens with one attached hydrogen (secondary N) is 1. The number of pyridine rings is 2. The molecule has 0 spiro atoms. The minimum Gasteiger partial charge on any atom is -0.473 e. The van der Waals surface area contributed by atoms with Gasteiger partial charge in [-0.3, -0.25) is 9.78 Å². The number of amides is 1. The Kier molecular flexibility index (Phi) is 4.52. The van der Waals surface area contributed by atoms with Gasteiger partial charge in [-0.05, 0) is 48.6 Å². The molecule has 1 amide bonds. The number of ether oxygens (including phenoxy) is 1. The van der Waals surface area contributed by atoms with Crippen LogP contribution in [0.4, 0.5) is 5.69 Å². The predicted octanol–water partition coefficient (Wildman–Crippen LogP) is 3.77. The van der Waals surface area contributed by atoms with Crippen molar-refractivity contribution in [3.63, 3.8) is 0 Å². The fraction of sp³-hybridized carbons (Fsp3) is 0.211. The lowest BCUT2D eigenvalue weighted by Crippen LogP contribution is -2.20. The van der Waals surface area contributed by atoms with Gasteiger partial charge >= 0.3 is 0 Å². The van der Waals surface area contributed by atoms with Crippen molar-refractivity contribution in [2.45, 2.75) is 12.5 Å². The number of carbonyl (C=O) groups excluding carboxylic acids is 1. The van der Waals surface area contributed by atoms with Gasteiger partial charge in [0.05, 0.1) is 11.2 Å². The summed E-state index contributed by atoms with van der Waals surface area (Å²) in [6.07, 6.45) is 4.49. The number of nitrogens with zero attached hydrogens (tertiary/aromatic N) is 2. The van der Waals surface area contributed by atoms with Crippen LogP contribution in [-0.2, 0) is 0 Å². The van der Waals surface area contributed by atoms with E-state index in [1.165, 1.54) is 0 Å². The first kappa shape index (κ1) is 15.9. The maximum absolute atomic E-state index is 12.8. The van der Waals surface area contributed by atoms with Crippen molar-refractivity contribution in [1.29, 1.82) is 0 Å². The van der Waals surface area contributed by atoms with E-state index in [0.717, 1.165) is 34.5 Å². The van der Waals surface area contributed by atoms with Crippen LogP contribution in [0.5, 0.6) is 5.88 Å². The third-order valence-electron chi connectivity index (χ3n) is 4.08. The van der Waals surface area contributed by atoms with E-state index in [9.17, 15) is 4.79 Å². The zero-order chi connectivity index (χ0) is 17.1. The second-order valence-electron chi connectivity index (χ2n) is 5.79. The minimum atomic E-state index is -0.231. The number of anilines is 1. The van der Waals surface area contributed by atoms with Crippen molar-refractivity contribution >= 4 is 34.3 Å². The first-order chi connectivity index (χ1) is 12.3. The minimum absolute atomic E-state index is 0.119. The summed E-state index contributed by atoms with van der Waals surface area (Å²) in [6.45, 7) is 0. The topological polar surface area (TPSA) is 64.1 Å². The van der Waals surface area contributed by atoms with Gasteiger partial charge in [-0.1, -0.05) is 6.07 Å². The molecular formula is C19H17N3O2S. The molecule has 1 aliphatic rings. The lowest BCUT2D eigenvalue weighted by molar-refractivity contribution is 0.101. The number of aromatic nitrogens is 2. The van der Waals surface area contributed by atoms with E-state index in [4.69, 9.17) is 4.74 Å². The number of hydrogen-bond donors (Lipinski definition) is 1. The molecule has 0 aliphatic carbocycles. The summed E-state index contributed by atoms with van der Waals surface area (Å²) in [5.74, 6) is 2.19. The highest BCUT2D eigenvalue weighted by Crippen LogP contribution is 2.26. The van der Waals surface area contributed by atoms with Crippen LogP contribution in [0.3, 0.4) is 0 Å². The highest BCUT2D eigenvalue weighted by Gasteiger charge is 2.21. The number of thioether (sulfide) groups is 1. The first-order valence-corrected chi connectivity index (χ1v) is 9.31. The molecule has 2 aromatic heterocycles. The second-order valence-corrected chi connectivity index (χ2v) is 6.94. The molecule has 3 aromatic rings. The molecule has 1 aliphatic heterocycles. The molecule has 0 bridgehead atoms. The second kappa shape index (κ2) is 7.11. The molecule has 5 nitrogen and oxygen atoms in total. The highest BCUT2D eigenvalue weighted by molar-refractivity contribution is 7.99. The van der Waals surface area contributed by atoms with E-state index in [0.29, 0.717) is 11.4 Å². The van der Waals surface area contributed by atoms with Crippen LogP contribution in [0, 0.1) is 0 Å². The molecule has 3 heterocycles. The Morgan fingerprint density at radius 3 is 2.88 bits per heavy atom. The van der Waals surface area contributed by atoms with Gasteiger partial charge in [0.2, 0.25) is 5.88 Å². The number of fused-ring (bicyclic) bond motifs is 1. The average Bonchev–Trinajstić information content (AvgIpc) is 3.15. The number of carbonyl (C=O) groups is 1. The largest absolute Gasteiger partial charge is 0.473 e. The van der Waals surface area contributed by atoms with Crippen molar-refractivity contribution < 1.29 is 9.53 Å². The summed E-state index contributed by atoms with van der Waals surface area (Å²) in [5, 5.41) is 3.86. The van der Waals surface area contributed by atoms with Gasteiger partial charge < -0.3 is 10.1 Å². The molecule has 1 N–H and O–H groups in total. The van der Waals surface area contributed by atoms with Gasteiger partial charge in [0.25, 0.3) is 5.91 Å². The molecule has 0 radical (unpaired) electrons. The molecule has 1 saturated heterocycles. The molecule has 0 saturated carbocycles. The SMILES string of the molecule is O=C(Nc1cccc2ncccc12)c1cccnc1OC1CCSC1. The van der Waals surface area contributed by atoms with Crippen LogP contribution in [0.1, 0.15) is 16.8 Å². The van der Waals surface area contributed by atoms with Crippen LogP contribution < -0.4 is 10.1 Å². The van der Waals surface area contributed by atoms with E-state index < -0.39 is 0 Å². The number of benzene rings is 1. The predicted molar refractivity (Wildman–Crippen MR) is 100 cm³/mol. The summed E-state index contributed by atoms with van der Waals surface area (Å²) < 4.78 is 5.95. The fourth-order valence-corrected chi connectivity index (χ4v) is 3.92. The van der Waals surface area contributed by atoms with Crippen molar-refractivity contribution in [2.24, 2.45) is 0 Å². The molecule has 1 unspecified atom stereocenters. The van der Waals surface area contributed by atoms with E-state index in [-0.39, 0.29) is 12.0 Å². The van der Waals surface area contributed by atoms with Crippen molar-refractivity contribution in [1.82, 2.24) is 9.97 Å². The molecule has 6 heteroatoms. The Labute approximate surface area is 149 Å². The van der Waals surface area contributed by atoms with E-state index in [1.807, 2.05) is 42.1 Å². The molecule has 1 aromatic carbocycles. The maximum atomic E-state index is 12.8. The standard InChI is InChI=1S/C19H17N3O2S/c23-18(22-17-7-1-6-16-14(17)4-2-9-20-16)15-5-3-10-21-19(15)24-13-8-11-25-12-13/h1-7,9-10,13H,8,11-12H2,(H,22,23). The molecular weight excluding hydrogens is 334 g/mol. The highest BCUT2D eigenvalue weighted by atomic mass is 32.2. The van der Waals surface area contributed by atoms with E-state index in [1.54, 1.807) is 24.5 Å². The van der Waals surface area contributed by atoms with Crippen LogP contribution in [0.15, 0.2) is 54.9 Å². The molecule has 126 valence electrons. The first-order valence-electron chi connectivity index (χ1n) is 8.16. The smallest absolute Gasteiger partial charge is 0.261 e. The quantitative estimate of drug-likeness (QED) is 0.775. The Morgan fingerprint density at radius 2 is 2.00 bits per heavy atom. The average molecular weight is 351 g/mol. The summed E-state index contributed by atoms with van der Waals surface area (Å²) >= 11 is 1.86. The maximum Gasteiger partial charge on any atom is 0.261 e. The Morgan fingerprint density at radius 1 is 1.12 bits per heavy atom. The van der Waals surface area contributed by atoms with Gasteiger partial charge in [0.15, 0.2) is 0 Å². The zero-order valence-electron chi connectivity index (χ0n) is 13.5. The van der Waals surface area contributed by atoms with Crippen molar-refractivity contribution in [3.8, 4) is 5.88 Å². The Bertz CT molecular complexity index is 905. The summed E-state index contributed by atoms with van der Waals surface area (Å²) in [5.41, 5.74) is 2.01. The number of hydrogen-bond acceptors (Lipinski definition) is 5. The van der Waals surface area contributed by atoms with Crippen LogP contribution in [0.2, 0.25) is 0 Å². The van der Waals surface area contributed by atoms with Gasteiger partial charge in [-0.15, -0.1) is 0 Å². The summed E-state index contributed by atoms with van der Waals surface area (Å²) in [7, 11) is 0. The summed E-state index contributed by atoms with van der Waals surface area (Å²) in [6, 6.07) is 12.9.